The second-order valence-electron chi connectivity index (χ2n) is 3.95. The van der Waals surface area contributed by atoms with Gasteiger partial charge in [0.25, 0.3) is 0 Å². The summed E-state index contributed by atoms with van der Waals surface area (Å²) >= 11 is 0. The number of hydrogen-bond donors (Lipinski definition) is 0. The third-order valence-electron chi connectivity index (χ3n) is 3.22. The van der Waals surface area contributed by atoms with Crippen LogP contribution in [0.25, 0.3) is 0 Å². The van der Waals surface area contributed by atoms with Crippen molar-refractivity contribution in [1.29, 1.82) is 0 Å². The molecule has 0 spiro atoms. The average Bonchev–Trinajstić information content (AvgIpc) is 2.44. The highest BCUT2D eigenvalue weighted by molar-refractivity contribution is 5.52. The fourth-order valence-corrected chi connectivity index (χ4v) is 2.70. The van der Waals surface area contributed by atoms with Crippen molar-refractivity contribution in [2.24, 2.45) is 0 Å². The van der Waals surface area contributed by atoms with Crippen molar-refractivity contribution in [3.05, 3.63) is 0 Å². The van der Waals surface area contributed by atoms with Gasteiger partial charge < -0.3 is 4.79 Å². The highest BCUT2D eigenvalue weighted by Crippen LogP contribution is 2.41. The molecule has 2 atom stereocenters. The standard InChI is InChI=1S/C9H14FNO/c10-8-6-9(3-5-12)2-1-4-11(9)7-8/h5,8H,1-4,6-7H2/t8-,9-/m1/s1. The Morgan fingerprint density at radius 3 is 3.25 bits per heavy atom. The van der Waals surface area contributed by atoms with Gasteiger partial charge in [-0.25, -0.2) is 4.39 Å². The minimum atomic E-state index is -0.703. The molecule has 0 aliphatic carbocycles. The third kappa shape index (κ3) is 1.07. The van der Waals surface area contributed by atoms with E-state index in [1.165, 1.54) is 0 Å². The van der Waals surface area contributed by atoms with Crippen LogP contribution in [0.15, 0.2) is 0 Å². The molecule has 2 aliphatic heterocycles. The Bertz CT molecular complexity index is 197. The van der Waals surface area contributed by atoms with Crippen molar-refractivity contribution in [2.75, 3.05) is 13.1 Å². The molecule has 0 radical (unpaired) electrons. The Hall–Kier alpha value is -0.440. The Balaban J connectivity index is 2.14. The van der Waals surface area contributed by atoms with Crippen LogP contribution in [0.2, 0.25) is 0 Å². The van der Waals surface area contributed by atoms with Gasteiger partial charge in [-0.1, -0.05) is 0 Å². The van der Waals surface area contributed by atoms with Crippen molar-refractivity contribution < 1.29 is 9.18 Å². The Morgan fingerprint density at radius 2 is 2.50 bits per heavy atom. The summed E-state index contributed by atoms with van der Waals surface area (Å²) in [5, 5.41) is 0. The fourth-order valence-electron chi connectivity index (χ4n) is 2.70. The number of alkyl halides is 1. The first-order valence-electron chi connectivity index (χ1n) is 4.60. The topological polar surface area (TPSA) is 20.3 Å². The zero-order valence-electron chi connectivity index (χ0n) is 7.13. The molecule has 12 heavy (non-hydrogen) atoms. The first-order valence-corrected chi connectivity index (χ1v) is 4.60. The number of hydrogen-bond acceptors (Lipinski definition) is 2. The number of aldehydes is 1. The van der Waals surface area contributed by atoms with E-state index in [1.54, 1.807) is 0 Å². The number of carbonyl (C=O) groups excluding carboxylic acids is 1. The predicted molar refractivity (Wildman–Crippen MR) is 43.7 cm³/mol. The molecule has 2 nitrogen and oxygen atoms in total. The highest BCUT2D eigenvalue weighted by atomic mass is 19.1. The van der Waals surface area contributed by atoms with E-state index in [0.717, 1.165) is 25.7 Å². The fraction of sp³-hybridized carbons (Fsp3) is 0.889. The predicted octanol–water partition coefficient (Wildman–Crippen LogP) is 1.15. The van der Waals surface area contributed by atoms with E-state index < -0.39 is 6.17 Å². The molecule has 2 saturated heterocycles. The smallest absolute Gasteiger partial charge is 0.121 e. The lowest BCUT2D eigenvalue weighted by atomic mass is 9.91. The summed E-state index contributed by atoms with van der Waals surface area (Å²) in [7, 11) is 0. The summed E-state index contributed by atoms with van der Waals surface area (Å²) in [6.07, 6.45) is 3.47. The van der Waals surface area contributed by atoms with Gasteiger partial charge >= 0.3 is 0 Å². The Kier molecular flexibility index (Phi) is 1.91. The third-order valence-corrected chi connectivity index (χ3v) is 3.22. The molecular weight excluding hydrogens is 157 g/mol. The van der Waals surface area contributed by atoms with Crippen LogP contribution in [-0.2, 0) is 4.79 Å². The van der Waals surface area contributed by atoms with Gasteiger partial charge in [0.15, 0.2) is 0 Å². The van der Waals surface area contributed by atoms with Crippen LogP contribution in [-0.4, -0.2) is 36.0 Å². The number of nitrogens with zero attached hydrogens (tertiary/aromatic N) is 1. The molecule has 0 unspecified atom stereocenters. The van der Waals surface area contributed by atoms with Crippen LogP contribution in [0.1, 0.15) is 25.7 Å². The molecule has 0 N–H and O–H groups in total. The van der Waals surface area contributed by atoms with Gasteiger partial charge in [-0.3, -0.25) is 4.90 Å². The van der Waals surface area contributed by atoms with E-state index in [9.17, 15) is 9.18 Å². The van der Waals surface area contributed by atoms with E-state index in [4.69, 9.17) is 0 Å². The lowest BCUT2D eigenvalue weighted by Gasteiger charge is -2.29. The van der Waals surface area contributed by atoms with Crippen molar-refractivity contribution >= 4 is 6.29 Å². The van der Waals surface area contributed by atoms with Gasteiger partial charge in [-0.2, -0.15) is 0 Å². The minimum Gasteiger partial charge on any atom is -0.303 e. The quantitative estimate of drug-likeness (QED) is 0.581. The van der Waals surface area contributed by atoms with Gasteiger partial charge in [0.05, 0.1) is 0 Å². The first kappa shape index (κ1) is 8.17. The summed E-state index contributed by atoms with van der Waals surface area (Å²) in [6, 6.07) is 0. The lowest BCUT2D eigenvalue weighted by Crippen LogP contribution is -2.38. The number of halogens is 1. The van der Waals surface area contributed by atoms with Crippen LogP contribution in [0, 0.1) is 0 Å². The van der Waals surface area contributed by atoms with Crippen molar-refractivity contribution in [2.45, 2.75) is 37.4 Å². The summed E-state index contributed by atoms with van der Waals surface area (Å²) in [6.45, 7) is 1.53. The van der Waals surface area contributed by atoms with Gasteiger partial charge in [0, 0.05) is 18.5 Å². The molecule has 2 aliphatic rings. The molecule has 0 amide bonds. The summed E-state index contributed by atoms with van der Waals surface area (Å²) in [4.78, 5) is 12.6. The van der Waals surface area contributed by atoms with Gasteiger partial charge in [-0.15, -0.1) is 0 Å². The number of fused-ring (bicyclic) bond motifs is 1. The molecule has 0 saturated carbocycles. The Labute approximate surface area is 71.7 Å². The van der Waals surface area contributed by atoms with Crippen molar-refractivity contribution in [3.8, 4) is 0 Å². The molecule has 0 aromatic rings. The maximum absolute atomic E-state index is 13.1. The lowest BCUT2D eigenvalue weighted by molar-refractivity contribution is -0.109. The van der Waals surface area contributed by atoms with E-state index in [1.807, 2.05) is 0 Å². The summed E-state index contributed by atoms with van der Waals surface area (Å²) in [5.74, 6) is 0. The zero-order chi connectivity index (χ0) is 8.60. The van der Waals surface area contributed by atoms with Crippen LogP contribution in [0.5, 0.6) is 0 Å². The first-order chi connectivity index (χ1) is 5.77. The maximum atomic E-state index is 13.1. The normalized spacial score (nSPS) is 41.6. The largest absolute Gasteiger partial charge is 0.303 e. The van der Waals surface area contributed by atoms with Gasteiger partial charge in [0.1, 0.15) is 12.5 Å². The summed E-state index contributed by atoms with van der Waals surface area (Å²) in [5.41, 5.74) is -0.0822. The molecule has 2 rings (SSSR count). The van der Waals surface area contributed by atoms with Crippen LogP contribution in [0.4, 0.5) is 4.39 Å². The molecule has 68 valence electrons. The molecule has 2 heterocycles. The monoisotopic (exact) mass is 171 g/mol. The highest BCUT2D eigenvalue weighted by Gasteiger charge is 2.47. The van der Waals surface area contributed by atoms with Crippen molar-refractivity contribution in [1.82, 2.24) is 4.90 Å². The van der Waals surface area contributed by atoms with Crippen LogP contribution < -0.4 is 0 Å². The van der Waals surface area contributed by atoms with Crippen LogP contribution >= 0.6 is 0 Å². The molecular formula is C9H14FNO. The Morgan fingerprint density at radius 1 is 1.67 bits per heavy atom. The molecule has 2 fully saturated rings. The maximum Gasteiger partial charge on any atom is 0.121 e. The average molecular weight is 171 g/mol. The number of carbonyl (C=O) groups is 1. The van der Waals surface area contributed by atoms with E-state index >= 15 is 0 Å². The summed E-state index contributed by atoms with van der Waals surface area (Å²) < 4.78 is 13.1. The van der Waals surface area contributed by atoms with E-state index in [2.05, 4.69) is 4.90 Å². The molecule has 0 aromatic heterocycles. The SMILES string of the molecule is O=CC[C@@]12CCCN1C[C@H](F)C2. The second kappa shape index (κ2) is 2.80. The molecule has 3 heteroatoms. The number of rotatable bonds is 2. The van der Waals surface area contributed by atoms with Gasteiger partial charge in [-0.05, 0) is 25.8 Å². The molecule has 0 aromatic carbocycles. The van der Waals surface area contributed by atoms with Crippen LogP contribution in [0.3, 0.4) is 0 Å². The zero-order valence-corrected chi connectivity index (χ0v) is 7.13. The molecule has 0 bridgehead atoms. The van der Waals surface area contributed by atoms with Gasteiger partial charge in [0.2, 0.25) is 0 Å². The second-order valence-corrected chi connectivity index (χ2v) is 3.95. The van der Waals surface area contributed by atoms with Crippen molar-refractivity contribution in [3.63, 3.8) is 0 Å². The minimum absolute atomic E-state index is 0.0822. The van der Waals surface area contributed by atoms with E-state index in [-0.39, 0.29) is 5.54 Å². The van der Waals surface area contributed by atoms with E-state index in [0.29, 0.717) is 19.4 Å².